The van der Waals surface area contributed by atoms with Crippen molar-refractivity contribution in [2.24, 2.45) is 0 Å². The molecule has 4 nitrogen and oxygen atoms in total. The van der Waals surface area contributed by atoms with E-state index >= 15 is 0 Å². The minimum atomic E-state index is -0.535. The third-order valence-corrected chi connectivity index (χ3v) is 3.61. The van der Waals surface area contributed by atoms with E-state index in [1.807, 2.05) is 48.3 Å². The van der Waals surface area contributed by atoms with Gasteiger partial charge in [0.15, 0.2) is 6.04 Å². The number of likely N-dealkylation sites (N-methyl/N-ethyl adjacent to an activating group) is 1. The summed E-state index contributed by atoms with van der Waals surface area (Å²) in [6.45, 7) is 8.38. The molecular weight excluding hydrogens is 288 g/mol. The summed E-state index contributed by atoms with van der Waals surface area (Å²) in [7, 11) is 1.89. The summed E-state index contributed by atoms with van der Waals surface area (Å²) < 4.78 is 5.53. The number of benzene rings is 1. The Bertz CT molecular complexity index is 625. The molecule has 23 heavy (non-hydrogen) atoms. The third-order valence-electron chi connectivity index (χ3n) is 3.61. The lowest BCUT2D eigenvalue weighted by Gasteiger charge is -2.31. The van der Waals surface area contributed by atoms with E-state index in [-0.39, 0.29) is 5.91 Å². The van der Waals surface area contributed by atoms with Crippen molar-refractivity contribution in [2.45, 2.75) is 6.04 Å². The molecular formula is C19H22N2O2. The molecule has 1 aromatic carbocycles. The molecule has 0 N–H and O–H groups in total. The number of amides is 1. The molecule has 1 amide bonds. The fourth-order valence-electron chi connectivity index (χ4n) is 2.48. The molecule has 0 aliphatic carbocycles. The maximum atomic E-state index is 13.1. The molecule has 120 valence electrons. The van der Waals surface area contributed by atoms with Crippen molar-refractivity contribution in [3.63, 3.8) is 0 Å². The smallest absolute Gasteiger partial charge is 0.253 e. The predicted octanol–water partition coefficient (Wildman–Crippen LogP) is 3.66. The number of carbonyl (C=O) groups excluding carboxylic acids is 1. The van der Waals surface area contributed by atoms with Crippen LogP contribution in [0.1, 0.15) is 11.8 Å². The molecule has 0 bridgehead atoms. The number of nitrogens with zero attached hydrogens (tertiary/aromatic N) is 2. The Hall–Kier alpha value is -2.75. The number of rotatable bonds is 8. The summed E-state index contributed by atoms with van der Waals surface area (Å²) in [5.74, 6) is 0.561. The third kappa shape index (κ3) is 3.92. The van der Waals surface area contributed by atoms with Crippen molar-refractivity contribution in [3.8, 4) is 0 Å². The maximum absolute atomic E-state index is 13.1. The van der Waals surface area contributed by atoms with Gasteiger partial charge in [-0.1, -0.05) is 30.4 Å². The van der Waals surface area contributed by atoms with Crippen LogP contribution in [0.25, 0.3) is 0 Å². The first-order valence-electron chi connectivity index (χ1n) is 7.51. The summed E-state index contributed by atoms with van der Waals surface area (Å²) in [5.41, 5.74) is 0.944. The van der Waals surface area contributed by atoms with Crippen LogP contribution in [-0.4, -0.2) is 30.9 Å². The number of furan rings is 1. The number of para-hydroxylation sites is 1. The van der Waals surface area contributed by atoms with Gasteiger partial charge in [-0.15, -0.1) is 13.2 Å². The monoisotopic (exact) mass is 310 g/mol. The lowest BCUT2D eigenvalue weighted by atomic mass is 10.1. The van der Waals surface area contributed by atoms with Crippen LogP contribution in [0.2, 0.25) is 0 Å². The van der Waals surface area contributed by atoms with Crippen LogP contribution in [0.3, 0.4) is 0 Å². The number of hydrogen-bond donors (Lipinski definition) is 0. The van der Waals surface area contributed by atoms with Gasteiger partial charge in [-0.3, -0.25) is 4.79 Å². The summed E-state index contributed by atoms with van der Waals surface area (Å²) >= 11 is 0. The Morgan fingerprint density at radius 2 is 1.78 bits per heavy atom. The highest BCUT2D eigenvalue weighted by Gasteiger charge is 2.31. The topological polar surface area (TPSA) is 36.7 Å². The van der Waals surface area contributed by atoms with Crippen molar-refractivity contribution < 1.29 is 9.21 Å². The molecule has 0 saturated carbocycles. The van der Waals surface area contributed by atoms with E-state index in [1.165, 1.54) is 0 Å². The van der Waals surface area contributed by atoms with Gasteiger partial charge in [0.05, 0.1) is 6.26 Å². The molecule has 4 heteroatoms. The van der Waals surface area contributed by atoms with Gasteiger partial charge >= 0.3 is 0 Å². The van der Waals surface area contributed by atoms with Crippen molar-refractivity contribution in [3.05, 3.63) is 79.8 Å². The minimum Gasteiger partial charge on any atom is -0.467 e. The Labute approximate surface area is 137 Å². The average molecular weight is 310 g/mol. The van der Waals surface area contributed by atoms with Gasteiger partial charge in [0, 0.05) is 25.8 Å². The molecule has 0 aliphatic rings. The highest BCUT2D eigenvalue weighted by Crippen LogP contribution is 2.27. The quantitative estimate of drug-likeness (QED) is 0.698. The van der Waals surface area contributed by atoms with E-state index in [9.17, 15) is 4.79 Å². The van der Waals surface area contributed by atoms with Crippen molar-refractivity contribution in [1.82, 2.24) is 4.90 Å². The van der Waals surface area contributed by atoms with Gasteiger partial charge in [-0.05, 0) is 24.3 Å². The molecule has 1 atom stereocenters. The van der Waals surface area contributed by atoms with Crippen LogP contribution < -0.4 is 4.90 Å². The molecule has 1 heterocycles. The zero-order valence-electron chi connectivity index (χ0n) is 13.4. The molecule has 2 aromatic rings. The first kappa shape index (κ1) is 16.6. The maximum Gasteiger partial charge on any atom is 0.253 e. The van der Waals surface area contributed by atoms with Gasteiger partial charge in [0.1, 0.15) is 5.76 Å². The van der Waals surface area contributed by atoms with Gasteiger partial charge in [-0.25, -0.2) is 0 Å². The van der Waals surface area contributed by atoms with Gasteiger partial charge in [0.25, 0.3) is 5.91 Å². The van der Waals surface area contributed by atoms with Crippen LogP contribution in [0.15, 0.2) is 78.5 Å². The number of hydrogen-bond acceptors (Lipinski definition) is 3. The van der Waals surface area contributed by atoms with Gasteiger partial charge in [-0.2, -0.15) is 0 Å². The summed E-state index contributed by atoms with van der Waals surface area (Å²) in [6.07, 6.45) is 5.01. The van der Waals surface area contributed by atoms with Crippen molar-refractivity contribution in [2.75, 3.05) is 25.0 Å². The van der Waals surface area contributed by atoms with Crippen molar-refractivity contribution in [1.29, 1.82) is 0 Å². The predicted molar refractivity (Wildman–Crippen MR) is 93.3 cm³/mol. The summed E-state index contributed by atoms with van der Waals surface area (Å²) in [5, 5.41) is 0. The van der Waals surface area contributed by atoms with E-state index in [1.54, 1.807) is 29.4 Å². The lowest BCUT2D eigenvalue weighted by Crippen LogP contribution is -2.42. The SMILES string of the molecule is C=CCN(CC=C)C(=O)C(c1ccco1)N(C)c1ccccc1. The van der Waals surface area contributed by atoms with Crippen LogP contribution in [0, 0.1) is 0 Å². The largest absolute Gasteiger partial charge is 0.467 e. The zero-order chi connectivity index (χ0) is 16.7. The van der Waals surface area contributed by atoms with E-state index in [2.05, 4.69) is 13.2 Å². The van der Waals surface area contributed by atoms with Crippen LogP contribution in [-0.2, 0) is 4.79 Å². The molecule has 0 fully saturated rings. The van der Waals surface area contributed by atoms with E-state index in [0.29, 0.717) is 18.8 Å². The van der Waals surface area contributed by atoms with E-state index in [4.69, 9.17) is 4.42 Å². The Morgan fingerprint density at radius 1 is 1.13 bits per heavy atom. The van der Waals surface area contributed by atoms with Crippen molar-refractivity contribution >= 4 is 11.6 Å². The summed E-state index contributed by atoms with van der Waals surface area (Å²) in [4.78, 5) is 16.7. The molecule has 1 aromatic heterocycles. The minimum absolute atomic E-state index is 0.0499. The first-order valence-corrected chi connectivity index (χ1v) is 7.51. The van der Waals surface area contributed by atoms with E-state index in [0.717, 1.165) is 5.69 Å². The molecule has 1 unspecified atom stereocenters. The van der Waals surface area contributed by atoms with Crippen LogP contribution in [0.4, 0.5) is 5.69 Å². The number of carbonyl (C=O) groups is 1. The Morgan fingerprint density at radius 3 is 2.30 bits per heavy atom. The van der Waals surface area contributed by atoms with E-state index < -0.39 is 6.04 Å². The first-order chi connectivity index (χ1) is 11.2. The fourth-order valence-corrected chi connectivity index (χ4v) is 2.48. The van der Waals surface area contributed by atoms with Gasteiger partial charge < -0.3 is 14.2 Å². The molecule has 0 radical (unpaired) electrons. The Balaban J connectivity index is 2.36. The molecule has 0 saturated heterocycles. The van der Waals surface area contributed by atoms with Crippen LogP contribution >= 0.6 is 0 Å². The fraction of sp³-hybridized carbons (Fsp3) is 0.211. The van der Waals surface area contributed by atoms with Gasteiger partial charge in [0.2, 0.25) is 0 Å². The lowest BCUT2D eigenvalue weighted by molar-refractivity contribution is -0.132. The second-order valence-corrected chi connectivity index (χ2v) is 5.18. The highest BCUT2D eigenvalue weighted by molar-refractivity contribution is 5.86. The molecule has 2 rings (SSSR count). The molecule has 0 aliphatic heterocycles. The zero-order valence-corrected chi connectivity index (χ0v) is 13.4. The second-order valence-electron chi connectivity index (χ2n) is 5.18. The second kappa shape index (κ2) is 8.03. The number of anilines is 1. The summed E-state index contributed by atoms with van der Waals surface area (Å²) in [6, 6.07) is 12.8. The molecule has 0 spiro atoms. The van der Waals surface area contributed by atoms with Crippen LogP contribution in [0.5, 0.6) is 0 Å². The standard InChI is InChI=1S/C19H22N2O2/c1-4-13-21(14-5-2)19(22)18(17-12-9-15-23-17)20(3)16-10-7-6-8-11-16/h4-12,15,18H,1-2,13-14H2,3H3. The Kier molecular flexibility index (Phi) is 5.80. The highest BCUT2D eigenvalue weighted by atomic mass is 16.3. The average Bonchev–Trinajstić information content (AvgIpc) is 3.09. The normalized spacial score (nSPS) is 11.5.